The summed E-state index contributed by atoms with van der Waals surface area (Å²) >= 11 is 6.17. The molecule has 3 heterocycles. The lowest BCUT2D eigenvalue weighted by molar-refractivity contribution is -0.141. The Balaban J connectivity index is 1.33. The second-order valence-electron chi connectivity index (χ2n) is 7.40. The molecule has 1 aromatic rings. The Bertz CT molecular complexity index is 688. The van der Waals surface area contributed by atoms with Crippen LogP contribution in [-0.4, -0.2) is 70.9 Å². The minimum atomic E-state index is -0.0550. The topological polar surface area (TPSA) is 69.6 Å². The van der Waals surface area contributed by atoms with Gasteiger partial charge in [0.05, 0.1) is 12.1 Å². The van der Waals surface area contributed by atoms with Gasteiger partial charge >= 0.3 is 0 Å². The van der Waals surface area contributed by atoms with E-state index in [1.165, 1.54) is 6.33 Å². The molecule has 1 atom stereocenters. The number of amides is 2. The summed E-state index contributed by atoms with van der Waals surface area (Å²) in [6.45, 7) is 4.13. The molecule has 0 spiro atoms. The first-order valence-electron chi connectivity index (χ1n) is 9.41. The molecular weight excluding hydrogens is 354 g/mol. The van der Waals surface area contributed by atoms with Gasteiger partial charge in [0.1, 0.15) is 11.3 Å². The number of carbonyl (C=O) groups is 2. The van der Waals surface area contributed by atoms with Gasteiger partial charge in [0.15, 0.2) is 5.82 Å². The number of halogens is 1. The lowest BCUT2D eigenvalue weighted by Gasteiger charge is -2.39. The number of carbonyl (C=O) groups excluding carboxylic acids is 2. The first-order valence-corrected chi connectivity index (χ1v) is 9.79. The zero-order valence-electron chi connectivity index (χ0n) is 14.8. The summed E-state index contributed by atoms with van der Waals surface area (Å²) in [5, 5.41) is 0.536. The highest BCUT2D eigenvalue weighted by molar-refractivity contribution is 6.32. The summed E-state index contributed by atoms with van der Waals surface area (Å²) in [6, 6.07) is 0. The monoisotopic (exact) mass is 377 g/mol. The Morgan fingerprint density at radius 2 is 1.69 bits per heavy atom. The van der Waals surface area contributed by atoms with Crippen molar-refractivity contribution >= 4 is 29.2 Å². The van der Waals surface area contributed by atoms with Crippen LogP contribution in [0, 0.1) is 11.8 Å². The van der Waals surface area contributed by atoms with E-state index in [0.717, 1.165) is 38.0 Å². The number of nitrogens with zero attached hydrogens (tertiary/aromatic N) is 5. The number of aromatic nitrogens is 2. The van der Waals surface area contributed by atoms with Gasteiger partial charge in [-0.15, -0.1) is 0 Å². The molecule has 4 rings (SSSR count). The van der Waals surface area contributed by atoms with Crippen molar-refractivity contribution in [3.8, 4) is 0 Å². The minimum Gasteiger partial charge on any atom is -0.352 e. The number of piperazine rings is 1. The number of anilines is 1. The van der Waals surface area contributed by atoms with Crippen LogP contribution in [0.5, 0.6) is 0 Å². The van der Waals surface area contributed by atoms with E-state index in [2.05, 4.69) is 14.9 Å². The molecule has 0 unspecified atom stereocenters. The molecular formula is C18H24ClN5O2. The Hall–Kier alpha value is -1.89. The molecule has 2 saturated heterocycles. The highest BCUT2D eigenvalue weighted by atomic mass is 35.5. The molecule has 0 N–H and O–H groups in total. The molecule has 26 heavy (non-hydrogen) atoms. The maximum absolute atomic E-state index is 12.9. The molecule has 1 aromatic heterocycles. The van der Waals surface area contributed by atoms with Gasteiger partial charge in [-0.2, -0.15) is 0 Å². The molecule has 2 amide bonds. The van der Waals surface area contributed by atoms with Gasteiger partial charge in [0.2, 0.25) is 11.8 Å². The summed E-state index contributed by atoms with van der Waals surface area (Å²) in [5.74, 6) is 1.34. The molecule has 3 aliphatic rings. The Morgan fingerprint density at radius 1 is 0.962 bits per heavy atom. The van der Waals surface area contributed by atoms with Crippen molar-refractivity contribution in [1.82, 2.24) is 19.8 Å². The number of hydrogen-bond donors (Lipinski definition) is 0. The quantitative estimate of drug-likeness (QED) is 0.797. The zero-order valence-corrected chi connectivity index (χ0v) is 15.6. The van der Waals surface area contributed by atoms with Crippen molar-refractivity contribution in [3.05, 3.63) is 17.5 Å². The first kappa shape index (κ1) is 17.5. The molecule has 1 saturated carbocycles. The predicted molar refractivity (Wildman–Crippen MR) is 97.9 cm³/mol. The van der Waals surface area contributed by atoms with Crippen LogP contribution in [0.25, 0.3) is 0 Å². The Morgan fingerprint density at radius 3 is 2.38 bits per heavy atom. The molecule has 7 nitrogen and oxygen atoms in total. The Labute approximate surface area is 158 Å². The van der Waals surface area contributed by atoms with E-state index in [-0.39, 0.29) is 23.7 Å². The highest BCUT2D eigenvalue weighted by Gasteiger charge is 2.38. The average molecular weight is 378 g/mol. The summed E-state index contributed by atoms with van der Waals surface area (Å²) < 4.78 is 0. The van der Waals surface area contributed by atoms with Crippen LogP contribution < -0.4 is 4.90 Å². The maximum atomic E-state index is 12.9. The van der Waals surface area contributed by atoms with Crippen LogP contribution in [0.3, 0.4) is 0 Å². The third-order valence-electron chi connectivity index (χ3n) is 5.55. The summed E-state index contributed by atoms with van der Waals surface area (Å²) in [6.07, 6.45) is 6.92. The summed E-state index contributed by atoms with van der Waals surface area (Å²) in [5.41, 5.74) is 0. The number of likely N-dealkylation sites (tertiary alicyclic amines) is 1. The van der Waals surface area contributed by atoms with E-state index in [0.29, 0.717) is 37.7 Å². The van der Waals surface area contributed by atoms with E-state index >= 15 is 0 Å². The van der Waals surface area contributed by atoms with Crippen LogP contribution in [0.1, 0.15) is 25.7 Å². The van der Waals surface area contributed by atoms with Crippen LogP contribution >= 0.6 is 11.6 Å². The van der Waals surface area contributed by atoms with Gasteiger partial charge in [-0.25, -0.2) is 9.97 Å². The van der Waals surface area contributed by atoms with E-state index in [1.807, 2.05) is 9.80 Å². The molecule has 0 aromatic carbocycles. The second-order valence-corrected chi connectivity index (χ2v) is 7.81. The number of hydrogen-bond acceptors (Lipinski definition) is 5. The fraction of sp³-hybridized carbons (Fsp3) is 0.667. The fourth-order valence-electron chi connectivity index (χ4n) is 3.90. The third-order valence-corrected chi connectivity index (χ3v) is 5.81. The lowest BCUT2D eigenvalue weighted by Crippen LogP contribution is -2.53. The average Bonchev–Trinajstić information content (AvgIpc) is 3.53. The third kappa shape index (κ3) is 3.63. The smallest absolute Gasteiger partial charge is 0.227 e. The first-order chi connectivity index (χ1) is 12.6. The number of rotatable bonds is 3. The van der Waals surface area contributed by atoms with Crippen molar-refractivity contribution in [2.24, 2.45) is 11.8 Å². The van der Waals surface area contributed by atoms with Crippen molar-refractivity contribution in [1.29, 1.82) is 0 Å². The van der Waals surface area contributed by atoms with Crippen LogP contribution in [0.4, 0.5) is 5.82 Å². The van der Waals surface area contributed by atoms with Gasteiger partial charge in [-0.1, -0.05) is 11.6 Å². The second kappa shape index (κ2) is 7.39. The van der Waals surface area contributed by atoms with Gasteiger partial charge < -0.3 is 14.7 Å². The van der Waals surface area contributed by atoms with Crippen molar-refractivity contribution < 1.29 is 9.59 Å². The lowest BCUT2D eigenvalue weighted by atomic mass is 9.95. The maximum Gasteiger partial charge on any atom is 0.227 e. The standard InChI is InChI=1S/C18H24ClN5O2/c19-15-10-20-12-21-16(15)22-6-8-23(9-7-22)18(26)14-2-1-5-24(11-14)17(25)13-3-4-13/h10,12-14H,1-9,11H2/t14-/m1/s1. The van der Waals surface area contributed by atoms with E-state index in [4.69, 9.17) is 11.6 Å². The van der Waals surface area contributed by atoms with E-state index in [1.54, 1.807) is 6.20 Å². The molecule has 8 heteroatoms. The SMILES string of the molecule is O=C(C1CC1)N1CCC[C@@H](C(=O)N2CCN(c3ncncc3Cl)CC2)C1. The molecule has 2 aliphatic heterocycles. The fourth-order valence-corrected chi connectivity index (χ4v) is 4.13. The predicted octanol–water partition coefficient (Wildman–Crippen LogP) is 1.43. The van der Waals surface area contributed by atoms with E-state index in [9.17, 15) is 9.59 Å². The van der Waals surface area contributed by atoms with Gasteiger partial charge in [0, 0.05) is 45.2 Å². The van der Waals surface area contributed by atoms with Gasteiger partial charge in [-0.05, 0) is 25.7 Å². The van der Waals surface area contributed by atoms with Gasteiger partial charge in [0.25, 0.3) is 0 Å². The zero-order chi connectivity index (χ0) is 18.1. The molecule has 0 bridgehead atoms. The molecule has 1 aliphatic carbocycles. The molecule has 3 fully saturated rings. The van der Waals surface area contributed by atoms with Crippen molar-refractivity contribution in [2.45, 2.75) is 25.7 Å². The molecule has 0 radical (unpaired) electrons. The largest absolute Gasteiger partial charge is 0.352 e. The van der Waals surface area contributed by atoms with Crippen LogP contribution in [0.2, 0.25) is 5.02 Å². The van der Waals surface area contributed by atoms with Crippen molar-refractivity contribution in [2.75, 3.05) is 44.2 Å². The summed E-state index contributed by atoms with van der Waals surface area (Å²) in [7, 11) is 0. The summed E-state index contributed by atoms with van der Waals surface area (Å²) in [4.78, 5) is 39.3. The van der Waals surface area contributed by atoms with E-state index < -0.39 is 0 Å². The van der Waals surface area contributed by atoms with Crippen LogP contribution in [-0.2, 0) is 9.59 Å². The van der Waals surface area contributed by atoms with Gasteiger partial charge in [-0.3, -0.25) is 9.59 Å². The highest BCUT2D eigenvalue weighted by Crippen LogP contribution is 2.33. The van der Waals surface area contributed by atoms with Crippen molar-refractivity contribution in [3.63, 3.8) is 0 Å². The minimum absolute atomic E-state index is 0.0550. The van der Waals surface area contributed by atoms with Crippen LogP contribution in [0.15, 0.2) is 12.5 Å². The molecule has 140 valence electrons. The Kier molecular flexibility index (Phi) is 4.98. The number of piperidine rings is 1. The normalized spacial score (nSPS) is 23.9.